The van der Waals surface area contributed by atoms with E-state index in [0.717, 1.165) is 27.8 Å². The summed E-state index contributed by atoms with van der Waals surface area (Å²) in [4.78, 5) is 20.5. The third kappa shape index (κ3) is 4.31. The number of nitrogens with one attached hydrogen (secondary N) is 1. The summed E-state index contributed by atoms with van der Waals surface area (Å²) in [7, 11) is 0. The van der Waals surface area contributed by atoms with Crippen LogP contribution >= 0.6 is 0 Å². The molecule has 3 aromatic rings. The fraction of sp³-hybridized carbons (Fsp3) is 0.348. The van der Waals surface area contributed by atoms with E-state index >= 15 is 0 Å². The molecule has 6 heteroatoms. The molecule has 1 fully saturated rings. The van der Waals surface area contributed by atoms with E-state index in [1.54, 1.807) is 12.4 Å². The first-order valence-electron chi connectivity index (χ1n) is 9.95. The summed E-state index contributed by atoms with van der Waals surface area (Å²) in [6.45, 7) is 6.61. The summed E-state index contributed by atoms with van der Waals surface area (Å²) >= 11 is 0. The van der Waals surface area contributed by atoms with Gasteiger partial charge in [-0.2, -0.15) is 0 Å². The highest BCUT2D eigenvalue weighted by atomic mass is 16.5. The third-order valence-electron chi connectivity index (χ3n) is 5.09. The molecule has 3 heterocycles. The molecule has 150 valence electrons. The standard InChI is InChI=1S/C23H25N3O3/c1-14(2)28-23-7-6-16(12-26-23)17-9-20-19(5-4-8-24-20)21(10-17)29-15(3)18-11-22(27)25-13-18/h4-10,12,14-15,18H,11,13H2,1-3H3,(H,25,27)/t15-,18?/m1/s1. The maximum Gasteiger partial charge on any atom is 0.220 e. The topological polar surface area (TPSA) is 73.3 Å². The Labute approximate surface area is 170 Å². The van der Waals surface area contributed by atoms with Crippen LogP contribution in [0.1, 0.15) is 27.2 Å². The van der Waals surface area contributed by atoms with Crippen LogP contribution in [0.25, 0.3) is 22.0 Å². The number of ether oxygens (including phenoxy) is 2. The van der Waals surface area contributed by atoms with E-state index in [-0.39, 0.29) is 24.0 Å². The second-order valence-electron chi connectivity index (χ2n) is 7.69. The Morgan fingerprint density at radius 3 is 2.62 bits per heavy atom. The Hall–Kier alpha value is -3.15. The van der Waals surface area contributed by atoms with Gasteiger partial charge in [-0.15, -0.1) is 0 Å². The summed E-state index contributed by atoms with van der Waals surface area (Å²) in [6, 6.07) is 11.8. The SMILES string of the molecule is CC(C)Oc1ccc(-c2cc(O[C@H](C)C3CNC(=O)C3)c3cccnc3c2)cn1. The minimum absolute atomic E-state index is 0.0802. The molecular formula is C23H25N3O3. The normalized spacial score (nSPS) is 17.4. The van der Waals surface area contributed by atoms with Crippen molar-refractivity contribution in [3.8, 4) is 22.8 Å². The van der Waals surface area contributed by atoms with E-state index < -0.39 is 0 Å². The molecule has 0 spiro atoms. The number of hydrogen-bond donors (Lipinski definition) is 1. The van der Waals surface area contributed by atoms with Crippen LogP contribution in [0.15, 0.2) is 48.8 Å². The van der Waals surface area contributed by atoms with Gasteiger partial charge in [-0.25, -0.2) is 4.98 Å². The van der Waals surface area contributed by atoms with Gasteiger partial charge in [0, 0.05) is 48.3 Å². The predicted molar refractivity (Wildman–Crippen MR) is 112 cm³/mol. The minimum atomic E-state index is -0.0902. The monoisotopic (exact) mass is 391 g/mol. The van der Waals surface area contributed by atoms with Crippen LogP contribution in [-0.4, -0.2) is 34.6 Å². The molecule has 29 heavy (non-hydrogen) atoms. The first-order chi connectivity index (χ1) is 14.0. The second kappa shape index (κ2) is 8.07. The molecule has 6 nitrogen and oxygen atoms in total. The number of pyridine rings is 2. The second-order valence-corrected chi connectivity index (χ2v) is 7.69. The fourth-order valence-electron chi connectivity index (χ4n) is 3.53. The number of hydrogen-bond acceptors (Lipinski definition) is 5. The molecule has 0 saturated carbocycles. The van der Waals surface area contributed by atoms with E-state index in [1.165, 1.54) is 0 Å². The van der Waals surface area contributed by atoms with Crippen LogP contribution < -0.4 is 14.8 Å². The predicted octanol–water partition coefficient (Wildman–Crippen LogP) is 3.99. The van der Waals surface area contributed by atoms with Crippen LogP contribution in [0.4, 0.5) is 0 Å². The molecule has 2 atom stereocenters. The van der Waals surface area contributed by atoms with Gasteiger partial charge in [0.05, 0.1) is 11.6 Å². The number of benzene rings is 1. The molecule has 1 N–H and O–H groups in total. The maximum absolute atomic E-state index is 11.6. The Kier molecular flexibility index (Phi) is 5.34. The zero-order valence-electron chi connectivity index (χ0n) is 16.9. The molecule has 0 radical (unpaired) electrons. The molecule has 1 aliphatic heterocycles. The van der Waals surface area contributed by atoms with Crippen molar-refractivity contribution in [3.63, 3.8) is 0 Å². The van der Waals surface area contributed by atoms with E-state index in [0.29, 0.717) is 18.8 Å². The van der Waals surface area contributed by atoms with Gasteiger partial charge in [0.2, 0.25) is 11.8 Å². The number of aromatic nitrogens is 2. The van der Waals surface area contributed by atoms with Gasteiger partial charge >= 0.3 is 0 Å². The van der Waals surface area contributed by atoms with E-state index in [9.17, 15) is 4.79 Å². The third-order valence-corrected chi connectivity index (χ3v) is 5.09. The first kappa shape index (κ1) is 19.2. The van der Waals surface area contributed by atoms with Crippen LogP contribution in [0.3, 0.4) is 0 Å². The molecule has 0 bridgehead atoms. The fourth-order valence-corrected chi connectivity index (χ4v) is 3.53. The molecule has 2 aromatic heterocycles. The number of fused-ring (bicyclic) bond motifs is 1. The summed E-state index contributed by atoms with van der Waals surface area (Å²) in [6.07, 6.45) is 4.06. The summed E-state index contributed by atoms with van der Waals surface area (Å²) in [5.74, 6) is 1.61. The molecule has 0 aliphatic carbocycles. The number of carbonyl (C=O) groups is 1. The van der Waals surface area contributed by atoms with Gasteiger partial charge in [-0.1, -0.05) is 0 Å². The maximum atomic E-state index is 11.6. The quantitative estimate of drug-likeness (QED) is 0.688. The van der Waals surface area contributed by atoms with Crippen molar-refractivity contribution in [3.05, 3.63) is 48.8 Å². The van der Waals surface area contributed by atoms with Crippen molar-refractivity contribution in [1.82, 2.24) is 15.3 Å². The van der Waals surface area contributed by atoms with E-state index in [4.69, 9.17) is 9.47 Å². The zero-order chi connectivity index (χ0) is 20.4. The van der Waals surface area contributed by atoms with Gasteiger partial charge in [-0.05, 0) is 56.7 Å². The average molecular weight is 391 g/mol. The lowest BCUT2D eigenvalue weighted by Crippen LogP contribution is -2.25. The molecule has 1 unspecified atom stereocenters. The van der Waals surface area contributed by atoms with Crippen molar-refractivity contribution in [1.29, 1.82) is 0 Å². The molecule has 1 aromatic carbocycles. The lowest BCUT2D eigenvalue weighted by molar-refractivity contribution is -0.119. The van der Waals surface area contributed by atoms with Gasteiger partial charge in [0.1, 0.15) is 11.9 Å². The van der Waals surface area contributed by atoms with Crippen molar-refractivity contribution >= 4 is 16.8 Å². The summed E-state index contributed by atoms with van der Waals surface area (Å²) < 4.78 is 12.0. The molecule has 1 saturated heterocycles. The Bertz CT molecular complexity index is 1020. The number of nitrogens with zero attached hydrogens (tertiary/aromatic N) is 2. The lowest BCUT2D eigenvalue weighted by Gasteiger charge is -2.21. The van der Waals surface area contributed by atoms with E-state index in [1.807, 2.05) is 57.2 Å². The molecular weight excluding hydrogens is 366 g/mol. The highest BCUT2D eigenvalue weighted by Crippen LogP contribution is 2.33. The van der Waals surface area contributed by atoms with Crippen LogP contribution in [0.5, 0.6) is 11.6 Å². The van der Waals surface area contributed by atoms with Crippen molar-refractivity contribution in [2.45, 2.75) is 39.4 Å². The number of carbonyl (C=O) groups excluding carboxylic acids is 1. The Balaban J connectivity index is 1.66. The zero-order valence-corrected chi connectivity index (χ0v) is 16.9. The van der Waals surface area contributed by atoms with Crippen LogP contribution in [-0.2, 0) is 4.79 Å². The molecule has 1 amide bonds. The smallest absolute Gasteiger partial charge is 0.220 e. The van der Waals surface area contributed by atoms with Crippen molar-refractivity contribution in [2.24, 2.45) is 5.92 Å². The van der Waals surface area contributed by atoms with Gasteiger partial charge < -0.3 is 14.8 Å². The molecule has 1 aliphatic rings. The number of amides is 1. The van der Waals surface area contributed by atoms with E-state index in [2.05, 4.69) is 15.3 Å². The van der Waals surface area contributed by atoms with Gasteiger partial charge in [0.15, 0.2) is 0 Å². The Morgan fingerprint density at radius 2 is 1.93 bits per heavy atom. The van der Waals surface area contributed by atoms with Gasteiger partial charge in [0.25, 0.3) is 0 Å². The highest BCUT2D eigenvalue weighted by Gasteiger charge is 2.28. The first-order valence-corrected chi connectivity index (χ1v) is 9.95. The lowest BCUT2D eigenvalue weighted by atomic mass is 10.0. The van der Waals surface area contributed by atoms with Crippen molar-refractivity contribution in [2.75, 3.05) is 6.54 Å². The average Bonchev–Trinajstić information content (AvgIpc) is 3.14. The molecule has 4 rings (SSSR count). The van der Waals surface area contributed by atoms with Crippen LogP contribution in [0, 0.1) is 5.92 Å². The van der Waals surface area contributed by atoms with Crippen molar-refractivity contribution < 1.29 is 14.3 Å². The Morgan fingerprint density at radius 1 is 1.07 bits per heavy atom. The van der Waals surface area contributed by atoms with Gasteiger partial charge in [-0.3, -0.25) is 9.78 Å². The van der Waals surface area contributed by atoms with Crippen LogP contribution in [0.2, 0.25) is 0 Å². The number of rotatable bonds is 6. The highest BCUT2D eigenvalue weighted by molar-refractivity contribution is 5.90. The summed E-state index contributed by atoms with van der Waals surface area (Å²) in [5, 5.41) is 3.83. The minimum Gasteiger partial charge on any atom is -0.490 e. The largest absolute Gasteiger partial charge is 0.490 e. The summed E-state index contributed by atoms with van der Waals surface area (Å²) in [5.41, 5.74) is 2.79.